The second-order valence-electron chi connectivity index (χ2n) is 6.97. The SMILES string of the molecule is COc1ccccc1N(C(C)=O)c1nc(COC(=O)c2cnn(-c3ccccn3)c2C)cs1. The first kappa shape index (κ1) is 22.2. The maximum Gasteiger partial charge on any atom is 0.342 e. The minimum absolute atomic E-state index is 0.0405. The van der Waals surface area contributed by atoms with Gasteiger partial charge in [0, 0.05) is 18.5 Å². The third kappa shape index (κ3) is 4.60. The average molecular weight is 464 g/mol. The number of methoxy groups -OCH3 is 1. The Hall–Kier alpha value is -4.05. The molecule has 0 aliphatic heterocycles. The van der Waals surface area contributed by atoms with Crippen LogP contribution in [0.25, 0.3) is 5.82 Å². The van der Waals surface area contributed by atoms with Gasteiger partial charge in [-0.3, -0.25) is 9.69 Å². The summed E-state index contributed by atoms with van der Waals surface area (Å²) in [4.78, 5) is 35.2. The van der Waals surface area contributed by atoms with Gasteiger partial charge in [-0.25, -0.2) is 19.4 Å². The number of rotatable bonds is 7. The van der Waals surface area contributed by atoms with Crippen LogP contribution in [0.5, 0.6) is 5.75 Å². The zero-order valence-corrected chi connectivity index (χ0v) is 19.1. The van der Waals surface area contributed by atoms with Crippen molar-refractivity contribution >= 4 is 34.0 Å². The lowest BCUT2D eigenvalue weighted by Crippen LogP contribution is -2.23. The lowest BCUT2D eigenvalue weighted by molar-refractivity contribution is -0.115. The van der Waals surface area contributed by atoms with Crippen molar-refractivity contribution in [2.75, 3.05) is 12.0 Å². The molecule has 4 rings (SSSR count). The van der Waals surface area contributed by atoms with Crippen molar-refractivity contribution in [3.63, 3.8) is 0 Å². The lowest BCUT2D eigenvalue weighted by atomic mass is 10.2. The minimum atomic E-state index is -0.516. The van der Waals surface area contributed by atoms with Crippen molar-refractivity contribution in [1.82, 2.24) is 19.7 Å². The zero-order valence-electron chi connectivity index (χ0n) is 18.3. The zero-order chi connectivity index (χ0) is 23.4. The van der Waals surface area contributed by atoms with Crippen LogP contribution in [0.2, 0.25) is 0 Å². The van der Waals surface area contributed by atoms with Crippen molar-refractivity contribution in [3.05, 3.63) is 77.2 Å². The second-order valence-corrected chi connectivity index (χ2v) is 7.80. The summed E-state index contributed by atoms with van der Waals surface area (Å²) in [5.41, 5.74) is 2.08. The van der Waals surface area contributed by atoms with Crippen molar-refractivity contribution < 1.29 is 19.1 Å². The molecular weight excluding hydrogens is 442 g/mol. The molecule has 0 bridgehead atoms. The average Bonchev–Trinajstić information content (AvgIpc) is 3.45. The van der Waals surface area contributed by atoms with E-state index in [-0.39, 0.29) is 12.5 Å². The molecule has 1 aromatic carbocycles. The molecule has 0 aliphatic rings. The van der Waals surface area contributed by atoms with Crippen LogP contribution >= 0.6 is 11.3 Å². The van der Waals surface area contributed by atoms with Gasteiger partial charge >= 0.3 is 5.97 Å². The van der Waals surface area contributed by atoms with Crippen LogP contribution in [-0.2, 0) is 16.1 Å². The number of carbonyl (C=O) groups is 2. The summed E-state index contributed by atoms with van der Waals surface area (Å²) in [5.74, 6) is 0.433. The summed E-state index contributed by atoms with van der Waals surface area (Å²) >= 11 is 1.27. The molecule has 0 fully saturated rings. The summed E-state index contributed by atoms with van der Waals surface area (Å²) < 4.78 is 12.4. The monoisotopic (exact) mass is 463 g/mol. The van der Waals surface area contributed by atoms with Gasteiger partial charge < -0.3 is 9.47 Å². The van der Waals surface area contributed by atoms with E-state index >= 15 is 0 Å². The molecule has 0 aliphatic carbocycles. The number of aromatic nitrogens is 4. The van der Waals surface area contributed by atoms with Gasteiger partial charge in [-0.1, -0.05) is 18.2 Å². The summed E-state index contributed by atoms with van der Waals surface area (Å²) in [6.45, 7) is 3.19. The Bertz CT molecular complexity index is 1290. The molecule has 9 nitrogen and oxygen atoms in total. The molecule has 0 atom stereocenters. The van der Waals surface area contributed by atoms with Crippen LogP contribution in [-0.4, -0.2) is 38.7 Å². The standard InChI is InChI=1S/C23H21N5O4S/c1-15-18(12-25-28(15)21-10-6-7-11-24-21)22(30)32-13-17-14-33-23(26-17)27(16(2)29)19-8-4-5-9-20(19)31-3/h4-12,14H,13H2,1-3H3. The van der Waals surface area contributed by atoms with Crippen LogP contribution in [0.15, 0.2) is 60.2 Å². The molecule has 1 amide bonds. The van der Waals surface area contributed by atoms with Gasteiger partial charge in [0.05, 0.1) is 30.4 Å². The van der Waals surface area contributed by atoms with Gasteiger partial charge in [0.15, 0.2) is 10.9 Å². The Kier molecular flexibility index (Phi) is 6.45. The smallest absolute Gasteiger partial charge is 0.342 e. The number of amides is 1. The summed E-state index contributed by atoms with van der Waals surface area (Å²) in [5, 5.41) is 6.45. The highest BCUT2D eigenvalue weighted by Gasteiger charge is 2.22. The second kappa shape index (κ2) is 9.61. The molecule has 0 saturated heterocycles. The first-order valence-corrected chi connectivity index (χ1v) is 10.9. The molecule has 0 spiro atoms. The number of para-hydroxylation sites is 2. The van der Waals surface area contributed by atoms with E-state index in [9.17, 15) is 9.59 Å². The Morgan fingerprint density at radius 2 is 1.94 bits per heavy atom. The van der Waals surface area contributed by atoms with Crippen molar-refractivity contribution in [1.29, 1.82) is 0 Å². The molecule has 10 heteroatoms. The van der Waals surface area contributed by atoms with Crippen molar-refractivity contribution in [2.45, 2.75) is 20.5 Å². The number of ether oxygens (including phenoxy) is 2. The van der Waals surface area contributed by atoms with Crippen LogP contribution in [0.1, 0.15) is 28.7 Å². The first-order chi connectivity index (χ1) is 16.0. The fraction of sp³-hybridized carbons (Fsp3) is 0.174. The van der Waals surface area contributed by atoms with E-state index in [2.05, 4.69) is 15.1 Å². The summed E-state index contributed by atoms with van der Waals surface area (Å²) in [6, 6.07) is 12.6. The highest BCUT2D eigenvalue weighted by molar-refractivity contribution is 7.14. The highest BCUT2D eigenvalue weighted by atomic mass is 32.1. The minimum Gasteiger partial charge on any atom is -0.495 e. The molecule has 168 valence electrons. The topological polar surface area (TPSA) is 99.4 Å². The lowest BCUT2D eigenvalue weighted by Gasteiger charge is -2.20. The molecule has 4 aromatic rings. The van der Waals surface area contributed by atoms with E-state index in [1.54, 1.807) is 54.6 Å². The van der Waals surface area contributed by atoms with Crippen LogP contribution in [0, 0.1) is 6.92 Å². The number of esters is 1. The predicted octanol–water partition coefficient (Wildman–Crippen LogP) is 4.08. The molecule has 3 heterocycles. The Morgan fingerprint density at radius 1 is 1.15 bits per heavy atom. The van der Waals surface area contributed by atoms with Crippen LogP contribution < -0.4 is 9.64 Å². The number of hydrogen-bond donors (Lipinski definition) is 0. The van der Waals surface area contributed by atoms with Gasteiger partial charge in [-0.15, -0.1) is 11.3 Å². The van der Waals surface area contributed by atoms with Crippen LogP contribution in [0.3, 0.4) is 0 Å². The molecule has 0 saturated carbocycles. The number of carbonyl (C=O) groups excluding carboxylic acids is 2. The normalized spacial score (nSPS) is 10.6. The summed E-state index contributed by atoms with van der Waals surface area (Å²) in [7, 11) is 1.54. The number of pyridine rings is 1. The largest absolute Gasteiger partial charge is 0.495 e. The Morgan fingerprint density at radius 3 is 2.67 bits per heavy atom. The van der Waals surface area contributed by atoms with Gasteiger partial charge in [0.2, 0.25) is 5.91 Å². The quantitative estimate of drug-likeness (QED) is 0.381. The number of hydrogen-bond acceptors (Lipinski definition) is 8. The van der Waals surface area contributed by atoms with E-state index in [4.69, 9.17) is 9.47 Å². The molecule has 0 radical (unpaired) electrons. The van der Waals surface area contributed by atoms with E-state index in [0.717, 1.165) is 0 Å². The van der Waals surface area contributed by atoms with Crippen molar-refractivity contribution in [3.8, 4) is 11.6 Å². The maximum atomic E-state index is 12.6. The molecule has 0 N–H and O–H groups in total. The molecule has 33 heavy (non-hydrogen) atoms. The van der Waals surface area contributed by atoms with E-state index in [0.29, 0.717) is 39.3 Å². The third-order valence-electron chi connectivity index (χ3n) is 4.82. The van der Waals surface area contributed by atoms with Crippen molar-refractivity contribution in [2.24, 2.45) is 0 Å². The fourth-order valence-electron chi connectivity index (χ4n) is 3.22. The molecule has 3 aromatic heterocycles. The maximum absolute atomic E-state index is 12.6. The van der Waals surface area contributed by atoms with E-state index < -0.39 is 5.97 Å². The van der Waals surface area contributed by atoms with Gasteiger partial charge in [-0.2, -0.15) is 5.10 Å². The van der Waals surface area contributed by atoms with Gasteiger partial charge in [0.1, 0.15) is 17.9 Å². The Balaban J connectivity index is 1.49. The van der Waals surface area contributed by atoms with E-state index in [1.807, 2.05) is 18.2 Å². The number of nitrogens with zero attached hydrogens (tertiary/aromatic N) is 5. The number of anilines is 2. The van der Waals surface area contributed by atoms with Gasteiger partial charge in [-0.05, 0) is 31.2 Å². The first-order valence-electron chi connectivity index (χ1n) is 10.0. The third-order valence-corrected chi connectivity index (χ3v) is 5.69. The van der Waals surface area contributed by atoms with E-state index in [1.165, 1.54) is 29.4 Å². The molecular formula is C23H21N5O4S. The highest BCUT2D eigenvalue weighted by Crippen LogP contribution is 2.35. The number of thiazole rings is 1. The molecule has 0 unspecified atom stereocenters. The predicted molar refractivity (Wildman–Crippen MR) is 123 cm³/mol. The Labute approximate surface area is 194 Å². The fourth-order valence-corrected chi connectivity index (χ4v) is 4.09. The number of benzene rings is 1. The van der Waals surface area contributed by atoms with Gasteiger partial charge in [0.25, 0.3) is 0 Å². The van der Waals surface area contributed by atoms with Crippen LogP contribution in [0.4, 0.5) is 10.8 Å². The summed E-state index contributed by atoms with van der Waals surface area (Å²) in [6.07, 6.45) is 3.11.